The van der Waals surface area contributed by atoms with Crippen LogP contribution >= 0.6 is 11.3 Å². The third-order valence-corrected chi connectivity index (χ3v) is 4.89. The van der Waals surface area contributed by atoms with Gasteiger partial charge < -0.3 is 5.73 Å². The van der Waals surface area contributed by atoms with Gasteiger partial charge in [-0.05, 0) is 22.4 Å². The minimum absolute atomic E-state index is 0.529. The van der Waals surface area contributed by atoms with Gasteiger partial charge in [0.05, 0.1) is 5.69 Å². The van der Waals surface area contributed by atoms with E-state index in [1.54, 1.807) is 11.3 Å². The maximum atomic E-state index is 5.84. The van der Waals surface area contributed by atoms with Crippen molar-refractivity contribution in [3.63, 3.8) is 0 Å². The van der Waals surface area contributed by atoms with Crippen molar-refractivity contribution in [3.05, 3.63) is 77.7 Å². The fraction of sp³-hybridized carbons (Fsp3) is 0.0500. The van der Waals surface area contributed by atoms with Crippen LogP contribution in [0.3, 0.4) is 0 Å². The van der Waals surface area contributed by atoms with Crippen LogP contribution in [0.2, 0.25) is 0 Å². The van der Waals surface area contributed by atoms with E-state index < -0.39 is 0 Å². The molecule has 1 aromatic heterocycles. The zero-order valence-corrected chi connectivity index (χ0v) is 13.4. The number of benzene rings is 3. The van der Waals surface area contributed by atoms with E-state index in [4.69, 9.17) is 10.7 Å². The summed E-state index contributed by atoms with van der Waals surface area (Å²) in [6.07, 6.45) is 0. The molecule has 0 radical (unpaired) electrons. The van der Waals surface area contributed by atoms with Crippen molar-refractivity contribution in [2.45, 2.75) is 6.54 Å². The second-order valence-electron chi connectivity index (χ2n) is 5.46. The number of thiazole rings is 1. The summed E-state index contributed by atoms with van der Waals surface area (Å²) in [5, 5.41) is 5.63. The highest BCUT2D eigenvalue weighted by Gasteiger charge is 2.10. The van der Waals surface area contributed by atoms with Gasteiger partial charge in [-0.3, -0.25) is 0 Å². The van der Waals surface area contributed by atoms with Gasteiger partial charge in [0.25, 0.3) is 0 Å². The molecule has 3 heteroatoms. The molecule has 0 aliphatic carbocycles. The van der Waals surface area contributed by atoms with Crippen LogP contribution in [-0.2, 0) is 6.54 Å². The van der Waals surface area contributed by atoms with Gasteiger partial charge in [-0.2, -0.15) is 0 Å². The molecule has 3 aromatic carbocycles. The standard InChI is InChI=1S/C20H16N2S/c21-12-17-7-3-4-8-18(17)20-22-19(13-23-20)16-10-9-14-5-1-2-6-15(14)11-16/h1-11,13H,12,21H2. The zero-order chi connectivity index (χ0) is 15.6. The number of fused-ring (bicyclic) bond motifs is 1. The zero-order valence-electron chi connectivity index (χ0n) is 12.6. The Bertz CT molecular complexity index is 972. The second-order valence-corrected chi connectivity index (χ2v) is 6.32. The van der Waals surface area contributed by atoms with Crippen molar-refractivity contribution in [1.29, 1.82) is 0 Å². The van der Waals surface area contributed by atoms with Crippen LogP contribution in [0.15, 0.2) is 72.1 Å². The number of hydrogen-bond acceptors (Lipinski definition) is 3. The lowest BCUT2D eigenvalue weighted by molar-refractivity contribution is 1.07. The summed E-state index contributed by atoms with van der Waals surface area (Å²) < 4.78 is 0. The van der Waals surface area contributed by atoms with Gasteiger partial charge >= 0.3 is 0 Å². The van der Waals surface area contributed by atoms with Crippen LogP contribution in [0, 0.1) is 0 Å². The molecule has 0 aliphatic rings. The SMILES string of the molecule is NCc1ccccc1-c1nc(-c2ccc3ccccc3c2)cs1. The number of hydrogen-bond donors (Lipinski definition) is 1. The summed E-state index contributed by atoms with van der Waals surface area (Å²) in [4.78, 5) is 4.83. The van der Waals surface area contributed by atoms with Gasteiger partial charge in [-0.1, -0.05) is 60.7 Å². The molecule has 0 saturated carbocycles. The Hall–Kier alpha value is -2.49. The Labute approximate surface area is 139 Å². The molecule has 0 aliphatic heterocycles. The van der Waals surface area contributed by atoms with Crippen LogP contribution in [-0.4, -0.2) is 4.98 Å². The first-order valence-electron chi connectivity index (χ1n) is 7.58. The number of nitrogens with two attached hydrogens (primary N) is 1. The van der Waals surface area contributed by atoms with Crippen LogP contribution in [0.4, 0.5) is 0 Å². The molecule has 4 aromatic rings. The highest BCUT2D eigenvalue weighted by molar-refractivity contribution is 7.13. The van der Waals surface area contributed by atoms with E-state index in [1.807, 2.05) is 12.1 Å². The van der Waals surface area contributed by atoms with Gasteiger partial charge in [0.1, 0.15) is 5.01 Å². The first-order chi connectivity index (χ1) is 11.3. The molecule has 4 rings (SSSR count). The highest BCUT2D eigenvalue weighted by atomic mass is 32.1. The van der Waals surface area contributed by atoms with Crippen molar-refractivity contribution in [1.82, 2.24) is 4.98 Å². The second kappa shape index (κ2) is 5.95. The topological polar surface area (TPSA) is 38.9 Å². The molecule has 0 bridgehead atoms. The minimum atomic E-state index is 0.529. The lowest BCUT2D eigenvalue weighted by Gasteiger charge is -2.04. The maximum absolute atomic E-state index is 5.84. The molecular weight excluding hydrogens is 300 g/mol. The summed E-state index contributed by atoms with van der Waals surface area (Å²) in [7, 11) is 0. The fourth-order valence-electron chi connectivity index (χ4n) is 2.79. The average Bonchev–Trinajstić information content (AvgIpc) is 3.11. The van der Waals surface area contributed by atoms with Crippen LogP contribution in [0.25, 0.3) is 32.6 Å². The van der Waals surface area contributed by atoms with Crippen molar-refractivity contribution in [3.8, 4) is 21.8 Å². The molecule has 0 unspecified atom stereocenters. The van der Waals surface area contributed by atoms with E-state index in [1.165, 1.54) is 10.8 Å². The molecule has 2 N–H and O–H groups in total. The normalized spacial score (nSPS) is 11.0. The molecule has 112 valence electrons. The van der Waals surface area contributed by atoms with Gasteiger partial charge in [-0.25, -0.2) is 4.98 Å². The van der Waals surface area contributed by atoms with Crippen molar-refractivity contribution in [2.24, 2.45) is 5.73 Å². The Balaban J connectivity index is 1.77. The molecule has 23 heavy (non-hydrogen) atoms. The molecule has 0 spiro atoms. The van der Waals surface area contributed by atoms with E-state index >= 15 is 0 Å². The largest absolute Gasteiger partial charge is 0.326 e. The number of rotatable bonds is 3. The Morgan fingerprint density at radius 2 is 1.65 bits per heavy atom. The molecular formula is C20H16N2S. The average molecular weight is 316 g/mol. The first kappa shape index (κ1) is 14.1. The predicted octanol–water partition coefficient (Wildman–Crippen LogP) is 5.09. The van der Waals surface area contributed by atoms with Crippen molar-refractivity contribution < 1.29 is 0 Å². The monoisotopic (exact) mass is 316 g/mol. The third-order valence-electron chi connectivity index (χ3n) is 4.02. The lowest BCUT2D eigenvalue weighted by Crippen LogP contribution is -1.98. The summed E-state index contributed by atoms with van der Waals surface area (Å²) in [6, 6.07) is 23.1. The van der Waals surface area contributed by atoms with E-state index in [0.29, 0.717) is 6.54 Å². The quantitative estimate of drug-likeness (QED) is 0.572. The first-order valence-corrected chi connectivity index (χ1v) is 8.46. The summed E-state index contributed by atoms with van der Waals surface area (Å²) in [5.74, 6) is 0. The highest BCUT2D eigenvalue weighted by Crippen LogP contribution is 2.32. The Kier molecular flexibility index (Phi) is 3.66. The van der Waals surface area contributed by atoms with E-state index in [0.717, 1.165) is 27.4 Å². The van der Waals surface area contributed by atoms with Crippen LogP contribution in [0.5, 0.6) is 0 Å². The van der Waals surface area contributed by atoms with E-state index in [-0.39, 0.29) is 0 Å². The van der Waals surface area contributed by atoms with Gasteiger partial charge in [0.15, 0.2) is 0 Å². The van der Waals surface area contributed by atoms with Crippen molar-refractivity contribution >= 4 is 22.1 Å². The molecule has 0 atom stereocenters. The minimum Gasteiger partial charge on any atom is -0.326 e. The molecule has 0 fully saturated rings. The van der Waals surface area contributed by atoms with Gasteiger partial charge in [-0.15, -0.1) is 11.3 Å². The fourth-order valence-corrected chi connectivity index (χ4v) is 3.67. The number of aromatic nitrogens is 1. The summed E-state index contributed by atoms with van der Waals surface area (Å²) in [6.45, 7) is 0.529. The molecule has 2 nitrogen and oxygen atoms in total. The summed E-state index contributed by atoms with van der Waals surface area (Å²) in [5.41, 5.74) is 10.3. The molecule has 0 saturated heterocycles. The Morgan fingerprint density at radius 1 is 0.870 bits per heavy atom. The predicted molar refractivity (Wildman–Crippen MR) is 98.4 cm³/mol. The molecule has 1 heterocycles. The maximum Gasteiger partial charge on any atom is 0.124 e. The van der Waals surface area contributed by atoms with Crippen molar-refractivity contribution in [2.75, 3.05) is 0 Å². The molecule has 0 amide bonds. The van der Waals surface area contributed by atoms with Crippen LogP contribution < -0.4 is 5.73 Å². The Morgan fingerprint density at radius 3 is 2.52 bits per heavy atom. The third kappa shape index (κ3) is 2.65. The van der Waals surface area contributed by atoms with Gasteiger partial charge in [0, 0.05) is 23.1 Å². The van der Waals surface area contributed by atoms with Crippen LogP contribution in [0.1, 0.15) is 5.56 Å². The smallest absolute Gasteiger partial charge is 0.124 e. The number of nitrogens with zero attached hydrogens (tertiary/aromatic N) is 1. The van der Waals surface area contributed by atoms with Gasteiger partial charge in [0.2, 0.25) is 0 Å². The van der Waals surface area contributed by atoms with E-state index in [9.17, 15) is 0 Å². The van der Waals surface area contributed by atoms with E-state index in [2.05, 4.69) is 60.0 Å². The lowest BCUT2D eigenvalue weighted by atomic mass is 10.1. The summed E-state index contributed by atoms with van der Waals surface area (Å²) >= 11 is 1.67.